The number of aromatic nitrogens is 2. The molecule has 1 aromatic heterocycles. The summed E-state index contributed by atoms with van der Waals surface area (Å²) < 4.78 is 15.6. The fourth-order valence-electron chi connectivity index (χ4n) is 4.61. The molecule has 0 N–H and O–H groups in total. The molecule has 2 heterocycles. The minimum atomic E-state index is -0.250. The van der Waals surface area contributed by atoms with Gasteiger partial charge in [0, 0.05) is 25.3 Å². The van der Waals surface area contributed by atoms with E-state index in [1.54, 1.807) is 12.1 Å². The van der Waals surface area contributed by atoms with Crippen LogP contribution in [0, 0.1) is 11.7 Å². The maximum Gasteiger partial charge on any atom is 0.226 e. The number of carbonyl (C=O) groups excluding carboxylic acids is 1. The van der Waals surface area contributed by atoms with E-state index in [1.165, 1.54) is 12.1 Å². The molecule has 0 spiro atoms. The van der Waals surface area contributed by atoms with Crippen molar-refractivity contribution in [1.29, 1.82) is 0 Å². The molecule has 1 aliphatic rings. The first-order valence-electron chi connectivity index (χ1n) is 11.3. The van der Waals surface area contributed by atoms with Gasteiger partial charge in [-0.05, 0) is 69.1 Å². The summed E-state index contributed by atoms with van der Waals surface area (Å²) in [6.45, 7) is 8.13. The van der Waals surface area contributed by atoms with Crippen LogP contribution in [0.2, 0.25) is 0 Å². The van der Waals surface area contributed by atoms with Crippen LogP contribution in [0.1, 0.15) is 38.9 Å². The molecule has 4 rings (SSSR count). The van der Waals surface area contributed by atoms with E-state index in [-0.39, 0.29) is 17.6 Å². The molecule has 31 heavy (non-hydrogen) atoms. The second-order valence-corrected chi connectivity index (χ2v) is 8.32. The molecule has 1 atom stereocenters. The molecular weight excluding hydrogens is 391 g/mol. The molecule has 0 radical (unpaired) electrons. The number of fused-ring (bicyclic) bond motifs is 1. The van der Waals surface area contributed by atoms with E-state index >= 15 is 0 Å². The Hall–Kier alpha value is -2.73. The summed E-state index contributed by atoms with van der Waals surface area (Å²) in [6.07, 6.45) is 2.94. The Labute approximate surface area is 183 Å². The van der Waals surface area contributed by atoms with Crippen LogP contribution in [0.5, 0.6) is 0 Å². The first-order valence-corrected chi connectivity index (χ1v) is 11.3. The number of hydrogen-bond donors (Lipinski definition) is 0. The highest BCUT2D eigenvalue weighted by atomic mass is 19.1. The Bertz CT molecular complexity index is 1030. The molecule has 164 valence electrons. The zero-order valence-corrected chi connectivity index (χ0v) is 18.4. The van der Waals surface area contributed by atoms with Crippen LogP contribution in [0.25, 0.3) is 16.7 Å². The van der Waals surface area contributed by atoms with Crippen LogP contribution < -0.4 is 0 Å². The predicted octanol–water partition coefficient (Wildman–Crippen LogP) is 4.64. The molecule has 0 saturated carbocycles. The van der Waals surface area contributed by atoms with Crippen LogP contribution in [0.4, 0.5) is 4.39 Å². The highest BCUT2D eigenvalue weighted by Crippen LogP contribution is 2.25. The summed E-state index contributed by atoms with van der Waals surface area (Å²) in [6, 6.07) is 14.6. The first-order chi connectivity index (χ1) is 15.1. The van der Waals surface area contributed by atoms with Crippen molar-refractivity contribution in [3.63, 3.8) is 0 Å². The number of amides is 1. The third-order valence-electron chi connectivity index (χ3n) is 6.12. The van der Waals surface area contributed by atoms with Crippen molar-refractivity contribution in [2.45, 2.75) is 39.7 Å². The third-order valence-corrected chi connectivity index (χ3v) is 6.12. The van der Waals surface area contributed by atoms with Gasteiger partial charge in [0.2, 0.25) is 5.91 Å². The SMILES string of the molecule is CCCN(CC)C(=O)[C@@H]1CCCN(Cc2nc3ccccc3n2-c2ccc(F)cc2)C1. The average Bonchev–Trinajstić information content (AvgIpc) is 3.15. The van der Waals surface area contributed by atoms with Crippen molar-refractivity contribution in [3.05, 3.63) is 60.2 Å². The zero-order valence-electron chi connectivity index (χ0n) is 18.4. The van der Waals surface area contributed by atoms with Gasteiger partial charge in [0.15, 0.2) is 0 Å². The number of likely N-dealkylation sites (tertiary alicyclic amines) is 1. The van der Waals surface area contributed by atoms with Crippen LogP contribution in [0.3, 0.4) is 0 Å². The molecule has 1 fully saturated rings. The fraction of sp³-hybridized carbons (Fsp3) is 0.440. The van der Waals surface area contributed by atoms with Crippen LogP contribution >= 0.6 is 0 Å². The maximum atomic E-state index is 13.5. The summed E-state index contributed by atoms with van der Waals surface area (Å²) in [5.74, 6) is 0.992. The van der Waals surface area contributed by atoms with Gasteiger partial charge in [-0.15, -0.1) is 0 Å². The minimum absolute atomic E-state index is 0.0453. The number of carbonyl (C=O) groups is 1. The first kappa shape index (κ1) is 21.5. The molecule has 1 amide bonds. The third kappa shape index (κ3) is 4.64. The van der Waals surface area contributed by atoms with Crippen molar-refractivity contribution >= 4 is 16.9 Å². The van der Waals surface area contributed by atoms with Gasteiger partial charge in [-0.25, -0.2) is 9.37 Å². The van der Waals surface area contributed by atoms with Gasteiger partial charge in [-0.2, -0.15) is 0 Å². The summed E-state index contributed by atoms with van der Waals surface area (Å²) >= 11 is 0. The number of piperidine rings is 1. The van der Waals surface area contributed by atoms with Crippen molar-refractivity contribution in [1.82, 2.24) is 19.4 Å². The highest BCUT2D eigenvalue weighted by Gasteiger charge is 2.29. The molecule has 5 nitrogen and oxygen atoms in total. The van der Waals surface area contributed by atoms with E-state index < -0.39 is 0 Å². The smallest absolute Gasteiger partial charge is 0.226 e. The minimum Gasteiger partial charge on any atom is -0.343 e. The highest BCUT2D eigenvalue weighted by molar-refractivity contribution is 5.79. The van der Waals surface area contributed by atoms with E-state index in [4.69, 9.17) is 4.98 Å². The monoisotopic (exact) mass is 422 g/mol. The number of benzene rings is 2. The van der Waals surface area contributed by atoms with Crippen molar-refractivity contribution in [3.8, 4) is 5.69 Å². The lowest BCUT2D eigenvalue weighted by molar-refractivity contribution is -0.137. The van der Waals surface area contributed by atoms with E-state index in [1.807, 2.05) is 29.2 Å². The van der Waals surface area contributed by atoms with Crippen molar-refractivity contribution in [2.75, 3.05) is 26.2 Å². The summed E-state index contributed by atoms with van der Waals surface area (Å²) in [7, 11) is 0. The van der Waals surface area contributed by atoms with Crippen molar-refractivity contribution in [2.24, 2.45) is 5.92 Å². The molecule has 3 aromatic rings. The Morgan fingerprint density at radius 2 is 1.94 bits per heavy atom. The standard InChI is InChI=1S/C25H31FN4O/c1-3-15-29(4-2)25(31)19-8-7-16-28(17-19)18-24-27-22-9-5-6-10-23(22)30(24)21-13-11-20(26)12-14-21/h5-6,9-14,19H,3-4,7-8,15-18H2,1-2H3/t19-/m1/s1. The largest absolute Gasteiger partial charge is 0.343 e. The fourth-order valence-corrected chi connectivity index (χ4v) is 4.61. The molecule has 1 aliphatic heterocycles. The van der Waals surface area contributed by atoms with Gasteiger partial charge >= 0.3 is 0 Å². The average molecular weight is 423 g/mol. The normalized spacial score (nSPS) is 17.2. The van der Waals surface area contributed by atoms with E-state index in [2.05, 4.69) is 23.3 Å². The van der Waals surface area contributed by atoms with Gasteiger partial charge in [-0.3, -0.25) is 14.3 Å². The molecule has 2 aromatic carbocycles. The predicted molar refractivity (Wildman–Crippen MR) is 122 cm³/mol. The molecule has 1 saturated heterocycles. The van der Waals surface area contributed by atoms with Gasteiger partial charge in [0.25, 0.3) is 0 Å². The molecule has 0 unspecified atom stereocenters. The van der Waals surface area contributed by atoms with Gasteiger partial charge in [0.05, 0.1) is 23.5 Å². The second kappa shape index (κ2) is 9.60. The second-order valence-electron chi connectivity index (χ2n) is 8.32. The Kier molecular flexibility index (Phi) is 6.66. The Balaban J connectivity index is 1.59. The lowest BCUT2D eigenvalue weighted by Gasteiger charge is -2.34. The number of para-hydroxylation sites is 2. The zero-order chi connectivity index (χ0) is 21.8. The number of hydrogen-bond acceptors (Lipinski definition) is 3. The summed E-state index contributed by atoms with van der Waals surface area (Å²) in [5, 5.41) is 0. The van der Waals surface area contributed by atoms with Gasteiger partial charge in [0.1, 0.15) is 11.6 Å². The quantitative estimate of drug-likeness (QED) is 0.557. The van der Waals surface area contributed by atoms with E-state index in [0.29, 0.717) is 6.54 Å². The van der Waals surface area contributed by atoms with E-state index in [0.717, 1.165) is 68.0 Å². The Morgan fingerprint density at radius 1 is 1.16 bits per heavy atom. The van der Waals surface area contributed by atoms with Gasteiger partial charge < -0.3 is 4.90 Å². The molecular formula is C25H31FN4O. The molecule has 0 aliphatic carbocycles. The van der Waals surface area contributed by atoms with E-state index in [9.17, 15) is 9.18 Å². The van der Waals surface area contributed by atoms with Crippen LogP contribution in [-0.2, 0) is 11.3 Å². The lowest BCUT2D eigenvalue weighted by atomic mass is 9.96. The summed E-state index contributed by atoms with van der Waals surface area (Å²) in [5.41, 5.74) is 2.83. The number of imidazole rings is 1. The van der Waals surface area contributed by atoms with Gasteiger partial charge in [-0.1, -0.05) is 19.1 Å². The maximum absolute atomic E-state index is 13.5. The number of rotatable bonds is 7. The molecule has 0 bridgehead atoms. The topological polar surface area (TPSA) is 41.4 Å². The van der Waals surface area contributed by atoms with Crippen molar-refractivity contribution < 1.29 is 9.18 Å². The lowest BCUT2D eigenvalue weighted by Crippen LogP contribution is -2.45. The van der Waals surface area contributed by atoms with Crippen LogP contribution in [-0.4, -0.2) is 51.4 Å². The molecule has 6 heteroatoms. The number of halogens is 1. The number of nitrogens with zero attached hydrogens (tertiary/aromatic N) is 4. The Morgan fingerprint density at radius 3 is 2.68 bits per heavy atom. The summed E-state index contributed by atoms with van der Waals surface area (Å²) in [4.78, 5) is 22.2. The van der Waals surface area contributed by atoms with Crippen LogP contribution in [0.15, 0.2) is 48.5 Å².